The van der Waals surface area contributed by atoms with Crippen molar-refractivity contribution < 1.29 is 23.4 Å². The van der Waals surface area contributed by atoms with Crippen LogP contribution in [0.25, 0.3) is 0 Å². The second-order valence-electron chi connectivity index (χ2n) is 4.90. The highest BCUT2D eigenvalue weighted by molar-refractivity contribution is 7.89. The Balaban J connectivity index is 3.01. The van der Waals surface area contributed by atoms with Crippen LogP contribution in [0.3, 0.4) is 0 Å². The van der Waals surface area contributed by atoms with Gasteiger partial charge in [0.05, 0.1) is 11.0 Å². The van der Waals surface area contributed by atoms with Crippen molar-refractivity contribution in [1.29, 1.82) is 0 Å². The first kappa shape index (κ1) is 16.6. The molecule has 2 unspecified atom stereocenters. The Bertz CT molecular complexity index is 563. The molecular weight excluding hydrogens is 282 g/mol. The number of carboxylic acid groups (broad SMARTS) is 1. The lowest BCUT2D eigenvalue weighted by atomic mass is 10.0. The second-order valence-corrected chi connectivity index (χ2v) is 6.62. The Morgan fingerprint density at radius 2 is 1.65 bits per heavy atom. The molecule has 20 heavy (non-hydrogen) atoms. The van der Waals surface area contributed by atoms with Gasteiger partial charge in [-0.25, -0.2) is 8.42 Å². The van der Waals surface area contributed by atoms with E-state index in [1.165, 1.54) is 19.1 Å². The monoisotopic (exact) mass is 301 g/mol. The molecule has 0 fully saturated rings. The zero-order chi connectivity index (χ0) is 15.5. The summed E-state index contributed by atoms with van der Waals surface area (Å²) in [5.41, 5.74) is 0.981. The molecular formula is C13H19NO5S. The highest BCUT2D eigenvalue weighted by Gasteiger charge is 2.29. The fraction of sp³-hybridized carbons (Fsp3) is 0.462. The van der Waals surface area contributed by atoms with Crippen LogP contribution in [0.1, 0.15) is 32.3 Å². The summed E-state index contributed by atoms with van der Waals surface area (Å²) in [5, 5.41) is 18.2. The quantitative estimate of drug-likeness (QED) is 0.725. The number of aliphatic carboxylic acids is 1. The molecule has 6 nitrogen and oxygen atoms in total. The Hall–Kier alpha value is -1.44. The number of hydrogen-bond acceptors (Lipinski definition) is 4. The summed E-state index contributed by atoms with van der Waals surface area (Å²) in [6.45, 7) is 5.18. The van der Waals surface area contributed by atoms with Crippen molar-refractivity contribution >= 4 is 16.0 Å². The molecule has 2 atom stereocenters. The van der Waals surface area contributed by atoms with Crippen molar-refractivity contribution in [1.82, 2.24) is 4.72 Å². The fourth-order valence-corrected chi connectivity index (χ4v) is 2.88. The first-order chi connectivity index (χ1) is 9.15. The van der Waals surface area contributed by atoms with Crippen LogP contribution in [-0.2, 0) is 14.8 Å². The number of carbonyl (C=O) groups is 1. The normalized spacial score (nSPS) is 15.1. The van der Waals surface area contributed by atoms with Gasteiger partial charge in [-0.2, -0.15) is 4.72 Å². The number of hydrogen-bond donors (Lipinski definition) is 3. The number of aliphatic hydroxyl groups excluding tert-OH is 1. The van der Waals surface area contributed by atoms with Crippen molar-refractivity contribution in [3.63, 3.8) is 0 Å². The molecule has 112 valence electrons. The third-order valence-electron chi connectivity index (χ3n) is 2.89. The summed E-state index contributed by atoms with van der Waals surface area (Å²) < 4.78 is 26.1. The minimum absolute atomic E-state index is 0.0335. The van der Waals surface area contributed by atoms with Crippen LogP contribution in [0.2, 0.25) is 0 Å². The lowest BCUT2D eigenvalue weighted by Gasteiger charge is -2.17. The van der Waals surface area contributed by atoms with Crippen molar-refractivity contribution in [3.05, 3.63) is 29.8 Å². The molecule has 0 radical (unpaired) electrons. The minimum atomic E-state index is -3.98. The van der Waals surface area contributed by atoms with Crippen molar-refractivity contribution in [2.45, 2.75) is 43.7 Å². The van der Waals surface area contributed by atoms with E-state index in [0.29, 0.717) is 0 Å². The van der Waals surface area contributed by atoms with E-state index in [9.17, 15) is 18.3 Å². The molecule has 1 aromatic rings. The molecule has 3 N–H and O–H groups in total. The molecule has 0 aromatic heterocycles. The van der Waals surface area contributed by atoms with Gasteiger partial charge in [0.2, 0.25) is 10.0 Å². The van der Waals surface area contributed by atoms with Gasteiger partial charge in [-0.1, -0.05) is 26.0 Å². The zero-order valence-corrected chi connectivity index (χ0v) is 12.4. The number of aliphatic hydroxyl groups is 1. The second kappa shape index (κ2) is 6.34. The van der Waals surface area contributed by atoms with Gasteiger partial charge in [0, 0.05) is 0 Å². The summed E-state index contributed by atoms with van der Waals surface area (Å²) in [5.74, 6) is -1.16. The third-order valence-corrected chi connectivity index (χ3v) is 4.34. The number of sulfonamides is 1. The van der Waals surface area contributed by atoms with Crippen LogP contribution in [0.4, 0.5) is 0 Å². The molecule has 0 saturated heterocycles. The molecule has 0 amide bonds. The van der Waals surface area contributed by atoms with Crippen LogP contribution >= 0.6 is 0 Å². The molecule has 0 aliphatic carbocycles. The summed E-state index contributed by atoms with van der Waals surface area (Å²) in [6, 6.07) is 4.61. The summed E-state index contributed by atoms with van der Waals surface area (Å²) >= 11 is 0. The van der Waals surface area contributed by atoms with Gasteiger partial charge in [0.25, 0.3) is 0 Å². The lowest BCUT2D eigenvalue weighted by Crippen LogP contribution is -2.47. The first-order valence-electron chi connectivity index (χ1n) is 6.18. The standard InChI is InChI=1S/C13H19NO5S/c1-8(2)10-4-6-11(7-5-10)20(18,19)14-12(9(3)15)13(16)17/h4-9,12,14-15H,1-3H3,(H,16,17). The molecule has 0 bridgehead atoms. The highest BCUT2D eigenvalue weighted by atomic mass is 32.2. The molecule has 0 saturated carbocycles. The van der Waals surface area contributed by atoms with E-state index in [-0.39, 0.29) is 10.8 Å². The summed E-state index contributed by atoms with van der Waals surface area (Å²) in [6.07, 6.45) is -1.34. The largest absolute Gasteiger partial charge is 0.480 e. The molecule has 1 rings (SSSR count). The maximum atomic E-state index is 12.0. The van der Waals surface area contributed by atoms with Gasteiger partial charge in [-0.3, -0.25) is 4.79 Å². The van der Waals surface area contributed by atoms with Crippen molar-refractivity contribution in [2.75, 3.05) is 0 Å². The number of nitrogens with one attached hydrogen (secondary N) is 1. The number of carboxylic acids is 1. The SMILES string of the molecule is CC(C)c1ccc(S(=O)(=O)NC(C(=O)O)C(C)O)cc1. The smallest absolute Gasteiger partial charge is 0.324 e. The van der Waals surface area contributed by atoms with Gasteiger partial charge in [-0.05, 0) is 30.5 Å². The predicted molar refractivity (Wildman–Crippen MR) is 74.0 cm³/mol. The van der Waals surface area contributed by atoms with Gasteiger partial charge < -0.3 is 10.2 Å². The van der Waals surface area contributed by atoms with Gasteiger partial charge >= 0.3 is 5.97 Å². The zero-order valence-electron chi connectivity index (χ0n) is 11.6. The Labute approximate surface area is 118 Å². The Morgan fingerprint density at radius 1 is 1.15 bits per heavy atom. The minimum Gasteiger partial charge on any atom is -0.480 e. The van der Waals surface area contributed by atoms with Crippen LogP contribution in [0.5, 0.6) is 0 Å². The molecule has 0 aliphatic rings. The predicted octanol–water partition coefficient (Wildman–Crippen LogP) is 0.922. The van der Waals surface area contributed by atoms with E-state index in [2.05, 4.69) is 0 Å². The lowest BCUT2D eigenvalue weighted by molar-refractivity contribution is -0.141. The first-order valence-corrected chi connectivity index (χ1v) is 7.66. The van der Waals surface area contributed by atoms with E-state index >= 15 is 0 Å². The summed E-state index contributed by atoms with van der Waals surface area (Å²) in [7, 11) is -3.98. The van der Waals surface area contributed by atoms with Crippen LogP contribution in [-0.4, -0.2) is 36.7 Å². The van der Waals surface area contributed by atoms with Crippen LogP contribution in [0.15, 0.2) is 29.2 Å². The molecule has 1 aromatic carbocycles. The van der Waals surface area contributed by atoms with E-state index < -0.39 is 28.1 Å². The summed E-state index contributed by atoms with van der Waals surface area (Å²) in [4.78, 5) is 10.9. The topological polar surface area (TPSA) is 104 Å². The van der Waals surface area contributed by atoms with Gasteiger partial charge in [-0.15, -0.1) is 0 Å². The maximum Gasteiger partial charge on any atom is 0.324 e. The number of benzene rings is 1. The fourth-order valence-electron chi connectivity index (χ4n) is 1.62. The van der Waals surface area contributed by atoms with Gasteiger partial charge in [0.1, 0.15) is 6.04 Å². The Kier molecular flexibility index (Phi) is 5.27. The maximum absolute atomic E-state index is 12.0. The van der Waals surface area contributed by atoms with Crippen LogP contribution in [0, 0.1) is 0 Å². The molecule has 0 spiro atoms. The molecule has 0 aliphatic heterocycles. The van der Waals surface area contributed by atoms with E-state index in [1.54, 1.807) is 12.1 Å². The number of rotatable bonds is 6. The van der Waals surface area contributed by atoms with Crippen LogP contribution < -0.4 is 4.72 Å². The molecule has 0 heterocycles. The molecule has 7 heteroatoms. The van der Waals surface area contributed by atoms with Crippen molar-refractivity contribution in [3.8, 4) is 0 Å². The highest BCUT2D eigenvalue weighted by Crippen LogP contribution is 2.17. The van der Waals surface area contributed by atoms with Crippen molar-refractivity contribution in [2.24, 2.45) is 0 Å². The average Bonchev–Trinajstić information content (AvgIpc) is 2.35. The van der Waals surface area contributed by atoms with E-state index in [1.807, 2.05) is 18.6 Å². The average molecular weight is 301 g/mol. The van der Waals surface area contributed by atoms with Gasteiger partial charge in [0.15, 0.2) is 0 Å². The Morgan fingerprint density at radius 3 is 2.00 bits per heavy atom. The third kappa shape index (κ3) is 4.03. The van der Waals surface area contributed by atoms with E-state index in [0.717, 1.165) is 5.56 Å². The van der Waals surface area contributed by atoms with E-state index in [4.69, 9.17) is 5.11 Å².